The fourth-order valence-electron chi connectivity index (χ4n) is 2.68. The molecular weight excluding hydrogens is 367 g/mol. The van der Waals surface area contributed by atoms with Crippen molar-refractivity contribution in [2.24, 2.45) is 5.73 Å². The minimum atomic E-state index is -0.143. The van der Waals surface area contributed by atoms with E-state index in [0.717, 1.165) is 42.8 Å². The lowest BCUT2D eigenvalue weighted by molar-refractivity contribution is 0.109. The summed E-state index contributed by atoms with van der Waals surface area (Å²) in [7, 11) is 0. The molecule has 0 aliphatic carbocycles. The van der Waals surface area contributed by atoms with Gasteiger partial charge in [-0.2, -0.15) is 0 Å². The Labute approximate surface area is 155 Å². The van der Waals surface area contributed by atoms with Crippen LogP contribution in [0.2, 0.25) is 10.0 Å². The molecule has 4 nitrogen and oxygen atoms in total. The Kier molecular flexibility index (Phi) is 5.16. The second-order valence-electron chi connectivity index (χ2n) is 6.25. The van der Waals surface area contributed by atoms with Crippen molar-refractivity contribution in [3.05, 3.63) is 40.1 Å². The number of furan rings is 1. The predicted molar refractivity (Wildman–Crippen MR) is 98.7 cm³/mol. The first-order valence-electron chi connectivity index (χ1n) is 7.64. The summed E-state index contributed by atoms with van der Waals surface area (Å²) in [6, 6.07) is 7.17. The van der Waals surface area contributed by atoms with E-state index in [9.17, 15) is 4.79 Å². The van der Waals surface area contributed by atoms with Crippen molar-refractivity contribution in [3.63, 3.8) is 0 Å². The van der Waals surface area contributed by atoms with E-state index < -0.39 is 0 Å². The number of carbonyl (C=O) groups excluding carboxylic acids is 1. The van der Waals surface area contributed by atoms with Crippen LogP contribution in [0.3, 0.4) is 0 Å². The molecular formula is C17H18Cl2N2O2S. The van der Waals surface area contributed by atoms with Crippen molar-refractivity contribution in [1.29, 1.82) is 0 Å². The molecule has 1 saturated heterocycles. The van der Waals surface area contributed by atoms with E-state index in [-0.39, 0.29) is 5.54 Å². The van der Waals surface area contributed by atoms with Crippen LogP contribution < -0.4 is 10.6 Å². The quantitative estimate of drug-likeness (QED) is 0.761. The van der Waals surface area contributed by atoms with E-state index in [4.69, 9.17) is 33.4 Å². The topological polar surface area (TPSA) is 59.5 Å². The molecule has 7 heteroatoms. The zero-order valence-corrected chi connectivity index (χ0v) is 15.5. The Morgan fingerprint density at radius 1 is 1.29 bits per heavy atom. The molecule has 2 heterocycles. The predicted octanol–water partition coefficient (Wildman–Crippen LogP) is 4.87. The third-order valence-corrected chi connectivity index (χ3v) is 5.81. The maximum absolute atomic E-state index is 11.4. The molecule has 0 unspecified atom stereocenters. The second-order valence-corrected chi connectivity index (χ2v) is 8.14. The first-order valence-corrected chi connectivity index (χ1v) is 9.21. The van der Waals surface area contributed by atoms with Crippen molar-refractivity contribution >= 4 is 46.9 Å². The number of hydrogen-bond acceptors (Lipinski definition) is 5. The van der Waals surface area contributed by atoms with Gasteiger partial charge in [0.05, 0.1) is 10.7 Å². The van der Waals surface area contributed by atoms with Crippen LogP contribution in [0.25, 0.3) is 0 Å². The highest BCUT2D eigenvalue weighted by molar-refractivity contribution is 7.99. The maximum Gasteiger partial charge on any atom is 0.191 e. The van der Waals surface area contributed by atoms with Gasteiger partial charge in [-0.3, -0.25) is 4.79 Å². The van der Waals surface area contributed by atoms with Gasteiger partial charge in [-0.15, -0.1) is 0 Å². The van der Waals surface area contributed by atoms with Crippen molar-refractivity contribution in [1.82, 2.24) is 0 Å². The van der Waals surface area contributed by atoms with Crippen LogP contribution in [0.5, 0.6) is 0 Å². The lowest BCUT2D eigenvalue weighted by Gasteiger charge is -2.37. The summed E-state index contributed by atoms with van der Waals surface area (Å²) in [6.07, 6.45) is 2.50. The average Bonchev–Trinajstić information content (AvgIpc) is 2.93. The molecule has 0 bridgehead atoms. The third kappa shape index (κ3) is 3.91. The number of benzene rings is 1. The first kappa shape index (κ1) is 17.7. The summed E-state index contributed by atoms with van der Waals surface area (Å²) < 4.78 is 5.69. The Bertz CT molecular complexity index is 751. The first-order chi connectivity index (χ1) is 11.4. The monoisotopic (exact) mass is 384 g/mol. The molecule has 1 aliphatic rings. The number of nitrogens with two attached hydrogens (primary N) is 1. The largest absolute Gasteiger partial charge is 0.444 e. The number of anilines is 1. The summed E-state index contributed by atoms with van der Waals surface area (Å²) in [4.78, 5) is 14.4. The molecule has 0 radical (unpaired) electrons. The van der Waals surface area contributed by atoms with Gasteiger partial charge in [0.15, 0.2) is 17.1 Å². The fourth-order valence-corrected chi connectivity index (χ4v) is 4.02. The zero-order chi connectivity index (χ0) is 17.3. The summed E-state index contributed by atoms with van der Waals surface area (Å²) >= 11 is 13.5. The Morgan fingerprint density at radius 2 is 2.00 bits per heavy atom. The number of hydrogen-bond donors (Lipinski definition) is 1. The lowest BCUT2D eigenvalue weighted by Crippen LogP contribution is -2.48. The van der Waals surface area contributed by atoms with E-state index in [1.807, 2.05) is 12.1 Å². The fraction of sp³-hybridized carbons (Fsp3) is 0.353. The minimum absolute atomic E-state index is 0.143. The SMILES string of the molecule is CC1(N)CCN(c2cc(Sc3ccc(Cl)cc3Cl)oc2C=O)CC1. The molecule has 2 N–H and O–H groups in total. The van der Waals surface area contributed by atoms with Gasteiger partial charge in [-0.25, -0.2) is 0 Å². The van der Waals surface area contributed by atoms with Crippen molar-refractivity contribution < 1.29 is 9.21 Å². The molecule has 1 aromatic heterocycles. The van der Waals surface area contributed by atoms with Gasteiger partial charge in [0, 0.05) is 34.6 Å². The molecule has 0 spiro atoms. The Balaban J connectivity index is 1.81. The van der Waals surface area contributed by atoms with Crippen LogP contribution >= 0.6 is 35.0 Å². The molecule has 1 fully saturated rings. The van der Waals surface area contributed by atoms with Crippen LogP contribution in [-0.2, 0) is 0 Å². The van der Waals surface area contributed by atoms with Crippen molar-refractivity contribution in [2.75, 3.05) is 18.0 Å². The molecule has 1 aromatic carbocycles. The van der Waals surface area contributed by atoms with Crippen LogP contribution in [0, 0.1) is 0 Å². The molecule has 24 heavy (non-hydrogen) atoms. The highest BCUT2D eigenvalue weighted by Gasteiger charge is 2.28. The van der Waals surface area contributed by atoms with Gasteiger partial charge in [0.25, 0.3) is 0 Å². The molecule has 128 valence electrons. The molecule has 0 atom stereocenters. The highest BCUT2D eigenvalue weighted by Crippen LogP contribution is 2.39. The second kappa shape index (κ2) is 7.00. The number of rotatable bonds is 4. The van der Waals surface area contributed by atoms with Crippen LogP contribution in [0.15, 0.2) is 38.7 Å². The van der Waals surface area contributed by atoms with Gasteiger partial charge >= 0.3 is 0 Å². The molecule has 0 saturated carbocycles. The van der Waals surface area contributed by atoms with Crippen LogP contribution in [0.1, 0.15) is 30.3 Å². The number of nitrogens with zero attached hydrogens (tertiary/aromatic N) is 1. The summed E-state index contributed by atoms with van der Waals surface area (Å²) in [5.41, 5.74) is 6.85. The van der Waals surface area contributed by atoms with E-state index in [0.29, 0.717) is 20.9 Å². The number of aldehydes is 1. The number of carbonyl (C=O) groups is 1. The van der Waals surface area contributed by atoms with Crippen molar-refractivity contribution in [3.8, 4) is 0 Å². The summed E-state index contributed by atoms with van der Waals surface area (Å²) in [5, 5.41) is 1.75. The van der Waals surface area contributed by atoms with E-state index in [1.54, 1.807) is 12.1 Å². The maximum atomic E-state index is 11.4. The smallest absolute Gasteiger partial charge is 0.191 e. The van der Waals surface area contributed by atoms with Crippen LogP contribution in [-0.4, -0.2) is 24.9 Å². The van der Waals surface area contributed by atoms with Gasteiger partial charge in [0.1, 0.15) is 0 Å². The van der Waals surface area contributed by atoms with Gasteiger partial charge < -0.3 is 15.1 Å². The lowest BCUT2D eigenvalue weighted by atomic mass is 9.91. The molecule has 0 amide bonds. The van der Waals surface area contributed by atoms with Gasteiger partial charge in [-0.1, -0.05) is 35.0 Å². The van der Waals surface area contributed by atoms with Crippen molar-refractivity contribution in [2.45, 2.75) is 35.3 Å². The normalized spacial score (nSPS) is 17.1. The minimum Gasteiger partial charge on any atom is -0.444 e. The van der Waals surface area contributed by atoms with E-state index in [2.05, 4.69) is 11.8 Å². The Morgan fingerprint density at radius 3 is 2.62 bits per heavy atom. The summed E-state index contributed by atoms with van der Waals surface area (Å²) in [6.45, 7) is 3.67. The summed E-state index contributed by atoms with van der Waals surface area (Å²) in [5.74, 6) is 0.336. The average molecular weight is 385 g/mol. The standard InChI is InChI=1S/C17H18Cl2N2O2S/c1-17(20)4-6-21(7-5-17)13-9-16(23-14(13)10-22)24-15-3-2-11(18)8-12(15)19/h2-3,8-10H,4-7,20H2,1H3. The Hall–Kier alpha value is -1.14. The highest BCUT2D eigenvalue weighted by atomic mass is 35.5. The van der Waals surface area contributed by atoms with E-state index >= 15 is 0 Å². The number of halogens is 2. The number of piperidine rings is 1. The van der Waals surface area contributed by atoms with E-state index in [1.165, 1.54) is 11.8 Å². The van der Waals surface area contributed by atoms with Gasteiger partial charge in [0.2, 0.25) is 0 Å². The molecule has 2 aromatic rings. The van der Waals surface area contributed by atoms with Crippen LogP contribution in [0.4, 0.5) is 5.69 Å². The van der Waals surface area contributed by atoms with Gasteiger partial charge in [-0.05, 0) is 38.0 Å². The molecule has 1 aliphatic heterocycles. The zero-order valence-electron chi connectivity index (χ0n) is 13.2. The third-order valence-electron chi connectivity index (χ3n) is 4.18. The molecule has 3 rings (SSSR count).